The molecule has 0 saturated carbocycles. The highest BCUT2D eigenvalue weighted by molar-refractivity contribution is 9.11. The lowest BCUT2D eigenvalue weighted by atomic mass is 10.2. The Balaban J connectivity index is 1.65. The van der Waals surface area contributed by atoms with Gasteiger partial charge in [-0.15, -0.1) is 11.3 Å². The molecule has 2 N–H and O–H groups in total. The Bertz CT molecular complexity index is 556. The summed E-state index contributed by atoms with van der Waals surface area (Å²) >= 11 is 5.25. The first kappa shape index (κ1) is 19.4. The average molecular weight is 417 g/mol. The lowest BCUT2D eigenvalue weighted by Crippen LogP contribution is -2.50. The number of thiophene rings is 1. The molecular weight excluding hydrogens is 392 g/mol. The zero-order valence-electron chi connectivity index (χ0n) is 14.2. The third-order valence-corrected chi connectivity index (χ3v) is 5.37. The minimum atomic E-state index is -0.407. The molecule has 0 bridgehead atoms. The van der Waals surface area contributed by atoms with E-state index in [0.29, 0.717) is 12.5 Å². The summed E-state index contributed by atoms with van der Waals surface area (Å²) in [5.41, 5.74) is 0. The first-order valence-corrected chi connectivity index (χ1v) is 9.80. The number of urea groups is 1. The summed E-state index contributed by atoms with van der Waals surface area (Å²) in [6, 6.07) is 3.81. The molecule has 1 aromatic heterocycles. The molecule has 1 aromatic rings. The van der Waals surface area contributed by atoms with Crippen LogP contribution in [0.3, 0.4) is 0 Å². The third-order valence-electron chi connectivity index (χ3n) is 3.76. The second-order valence-electron chi connectivity index (χ2n) is 6.41. The number of piperazine rings is 1. The van der Waals surface area contributed by atoms with Crippen molar-refractivity contribution in [2.24, 2.45) is 5.92 Å². The van der Waals surface area contributed by atoms with E-state index in [1.165, 1.54) is 4.88 Å². The Labute approximate surface area is 155 Å². The molecule has 1 fully saturated rings. The summed E-state index contributed by atoms with van der Waals surface area (Å²) in [4.78, 5) is 29.3. The first-order valence-electron chi connectivity index (χ1n) is 8.19. The molecule has 0 aliphatic carbocycles. The Hall–Kier alpha value is -0.960. The van der Waals surface area contributed by atoms with Crippen molar-refractivity contribution in [1.29, 1.82) is 0 Å². The summed E-state index contributed by atoms with van der Waals surface area (Å²) in [5, 5.41) is 5.07. The Morgan fingerprint density at radius 1 is 1.21 bits per heavy atom. The summed E-state index contributed by atoms with van der Waals surface area (Å²) < 4.78 is 1.16. The van der Waals surface area contributed by atoms with Crippen LogP contribution in [-0.4, -0.2) is 61.0 Å². The van der Waals surface area contributed by atoms with Gasteiger partial charge in [0, 0.05) is 44.1 Å². The molecule has 1 aliphatic heterocycles. The lowest BCUT2D eigenvalue weighted by Gasteiger charge is -2.33. The van der Waals surface area contributed by atoms with Gasteiger partial charge < -0.3 is 5.32 Å². The van der Waals surface area contributed by atoms with E-state index >= 15 is 0 Å². The van der Waals surface area contributed by atoms with E-state index in [-0.39, 0.29) is 12.5 Å². The topological polar surface area (TPSA) is 64.7 Å². The van der Waals surface area contributed by atoms with Crippen molar-refractivity contribution in [1.82, 2.24) is 20.4 Å². The van der Waals surface area contributed by atoms with Gasteiger partial charge in [0.1, 0.15) is 0 Å². The zero-order chi connectivity index (χ0) is 17.5. The van der Waals surface area contributed by atoms with Gasteiger partial charge in [-0.2, -0.15) is 0 Å². The normalized spacial score (nSPS) is 16.3. The first-order chi connectivity index (χ1) is 11.4. The molecule has 1 aliphatic rings. The molecule has 0 spiro atoms. The number of hydrogen-bond acceptors (Lipinski definition) is 5. The highest BCUT2D eigenvalue weighted by Crippen LogP contribution is 2.23. The van der Waals surface area contributed by atoms with Crippen LogP contribution in [0.4, 0.5) is 4.79 Å². The minimum Gasteiger partial charge on any atom is -0.338 e. The van der Waals surface area contributed by atoms with E-state index in [0.717, 1.165) is 36.5 Å². The van der Waals surface area contributed by atoms with Gasteiger partial charge >= 0.3 is 6.03 Å². The number of nitrogens with zero attached hydrogens (tertiary/aromatic N) is 2. The van der Waals surface area contributed by atoms with Crippen LogP contribution in [-0.2, 0) is 11.3 Å². The molecule has 0 aromatic carbocycles. The van der Waals surface area contributed by atoms with Crippen molar-refractivity contribution in [2.45, 2.75) is 20.4 Å². The van der Waals surface area contributed by atoms with Crippen molar-refractivity contribution >= 4 is 39.2 Å². The third kappa shape index (κ3) is 6.88. The molecular formula is C16H25BrN4O2S. The van der Waals surface area contributed by atoms with E-state index in [2.05, 4.69) is 48.5 Å². The maximum absolute atomic E-state index is 11.9. The number of imide groups is 1. The summed E-state index contributed by atoms with van der Waals surface area (Å²) in [6.45, 7) is 9.36. The van der Waals surface area contributed by atoms with Crippen molar-refractivity contribution in [3.05, 3.63) is 20.8 Å². The fourth-order valence-electron chi connectivity index (χ4n) is 2.47. The van der Waals surface area contributed by atoms with Gasteiger partial charge in [0.2, 0.25) is 5.91 Å². The fourth-order valence-corrected chi connectivity index (χ4v) is 4.00. The van der Waals surface area contributed by atoms with E-state index < -0.39 is 6.03 Å². The van der Waals surface area contributed by atoms with Crippen LogP contribution in [0, 0.1) is 5.92 Å². The van der Waals surface area contributed by atoms with Crippen LogP contribution in [0.2, 0.25) is 0 Å². The summed E-state index contributed by atoms with van der Waals surface area (Å²) in [6.07, 6.45) is 0. The standard InChI is InChI=1S/C16H25BrN4O2S/c1-12(2)9-18-16(23)19-15(22)11-21-7-5-20(6-8-21)10-13-3-4-14(17)24-13/h3-4,12H,5-11H2,1-2H3,(H2,18,19,22,23). The van der Waals surface area contributed by atoms with Gasteiger partial charge in [0.05, 0.1) is 10.3 Å². The van der Waals surface area contributed by atoms with Crippen molar-refractivity contribution in [3.63, 3.8) is 0 Å². The second-order valence-corrected chi connectivity index (χ2v) is 8.96. The molecule has 3 amide bonds. The highest BCUT2D eigenvalue weighted by atomic mass is 79.9. The largest absolute Gasteiger partial charge is 0.338 e. The van der Waals surface area contributed by atoms with Crippen molar-refractivity contribution in [3.8, 4) is 0 Å². The Kier molecular flexibility index (Phi) is 7.67. The monoisotopic (exact) mass is 416 g/mol. The maximum atomic E-state index is 11.9. The van der Waals surface area contributed by atoms with E-state index in [1.54, 1.807) is 11.3 Å². The smallest absolute Gasteiger partial charge is 0.321 e. The minimum absolute atomic E-state index is 0.244. The van der Waals surface area contributed by atoms with Crippen molar-refractivity contribution < 1.29 is 9.59 Å². The van der Waals surface area contributed by atoms with Crippen LogP contribution >= 0.6 is 27.3 Å². The Morgan fingerprint density at radius 3 is 2.46 bits per heavy atom. The summed E-state index contributed by atoms with van der Waals surface area (Å²) in [7, 11) is 0. The average Bonchev–Trinajstić information content (AvgIpc) is 2.92. The van der Waals surface area contributed by atoms with Gasteiger partial charge in [-0.1, -0.05) is 13.8 Å². The zero-order valence-corrected chi connectivity index (χ0v) is 16.6. The predicted molar refractivity (Wildman–Crippen MR) is 100 cm³/mol. The second kappa shape index (κ2) is 9.50. The molecule has 24 heavy (non-hydrogen) atoms. The molecule has 0 radical (unpaired) electrons. The lowest BCUT2D eigenvalue weighted by molar-refractivity contribution is -0.121. The van der Waals surface area contributed by atoms with Gasteiger partial charge in [0.15, 0.2) is 0 Å². The van der Waals surface area contributed by atoms with Crippen LogP contribution in [0.1, 0.15) is 18.7 Å². The molecule has 6 nitrogen and oxygen atoms in total. The number of nitrogens with one attached hydrogen (secondary N) is 2. The number of halogens is 1. The SMILES string of the molecule is CC(C)CNC(=O)NC(=O)CN1CCN(Cc2ccc(Br)s2)CC1. The number of hydrogen-bond donors (Lipinski definition) is 2. The quantitative estimate of drug-likeness (QED) is 0.744. The number of carbonyl (C=O) groups excluding carboxylic acids is 2. The maximum Gasteiger partial charge on any atom is 0.321 e. The van der Waals surface area contributed by atoms with Crippen LogP contribution in [0.5, 0.6) is 0 Å². The molecule has 2 heterocycles. The molecule has 0 unspecified atom stereocenters. The molecule has 8 heteroatoms. The highest BCUT2D eigenvalue weighted by Gasteiger charge is 2.20. The van der Waals surface area contributed by atoms with Gasteiger partial charge in [-0.25, -0.2) is 4.79 Å². The van der Waals surface area contributed by atoms with E-state index in [1.807, 2.05) is 13.8 Å². The molecule has 1 saturated heterocycles. The molecule has 0 atom stereocenters. The molecule has 2 rings (SSSR count). The van der Waals surface area contributed by atoms with Crippen LogP contribution < -0.4 is 10.6 Å². The van der Waals surface area contributed by atoms with Gasteiger partial charge in [0.25, 0.3) is 0 Å². The molecule has 134 valence electrons. The van der Waals surface area contributed by atoms with Gasteiger partial charge in [-0.05, 0) is 34.0 Å². The predicted octanol–water partition coefficient (Wildman–Crippen LogP) is 2.11. The summed E-state index contributed by atoms with van der Waals surface area (Å²) in [5.74, 6) is 0.120. The fraction of sp³-hybridized carbons (Fsp3) is 0.625. The van der Waals surface area contributed by atoms with Crippen LogP contribution in [0.15, 0.2) is 15.9 Å². The van der Waals surface area contributed by atoms with Gasteiger partial charge in [-0.3, -0.25) is 19.9 Å². The van der Waals surface area contributed by atoms with E-state index in [4.69, 9.17) is 0 Å². The van der Waals surface area contributed by atoms with Crippen molar-refractivity contribution in [2.75, 3.05) is 39.3 Å². The number of rotatable bonds is 6. The van der Waals surface area contributed by atoms with Crippen LogP contribution in [0.25, 0.3) is 0 Å². The number of carbonyl (C=O) groups is 2. The number of amides is 3. The Morgan fingerprint density at radius 2 is 1.88 bits per heavy atom. The van der Waals surface area contributed by atoms with E-state index in [9.17, 15) is 9.59 Å².